The van der Waals surface area contributed by atoms with Crippen LogP contribution < -0.4 is 11.3 Å². The Bertz CT molecular complexity index is 528. The Morgan fingerprint density at radius 2 is 1.83 bits per heavy atom. The van der Waals surface area contributed by atoms with Crippen molar-refractivity contribution in [2.75, 3.05) is 5.84 Å². The van der Waals surface area contributed by atoms with Crippen molar-refractivity contribution in [1.29, 1.82) is 5.41 Å². The van der Waals surface area contributed by atoms with Crippen LogP contribution in [0.1, 0.15) is 55.0 Å². The van der Waals surface area contributed by atoms with Crippen molar-refractivity contribution in [2.45, 2.75) is 58.3 Å². The normalized spacial score (nSPS) is 23.1. The van der Waals surface area contributed by atoms with Gasteiger partial charge in [0.1, 0.15) is 5.49 Å². The number of pyridine rings is 1. The molecule has 3 heteroatoms. The summed E-state index contributed by atoms with van der Waals surface area (Å²) in [5, 5.41) is 8.31. The molecule has 98 valence electrons. The molecule has 0 saturated heterocycles. The number of nitrogens with zero attached hydrogens (tertiary/aromatic N) is 1. The molecule has 2 aliphatic rings. The molecule has 2 aliphatic carbocycles. The van der Waals surface area contributed by atoms with Gasteiger partial charge in [0.2, 0.25) is 0 Å². The number of nitrogens with two attached hydrogens (primary N) is 1. The van der Waals surface area contributed by atoms with Gasteiger partial charge in [-0.25, -0.2) is 4.68 Å². The van der Waals surface area contributed by atoms with Crippen molar-refractivity contribution < 1.29 is 0 Å². The van der Waals surface area contributed by atoms with Gasteiger partial charge in [-0.2, -0.15) is 0 Å². The molecule has 18 heavy (non-hydrogen) atoms. The zero-order valence-corrected chi connectivity index (χ0v) is 11.3. The van der Waals surface area contributed by atoms with E-state index in [0.717, 1.165) is 19.3 Å². The van der Waals surface area contributed by atoms with Crippen molar-refractivity contribution in [3.63, 3.8) is 0 Å². The third-order valence-electron chi connectivity index (χ3n) is 4.67. The van der Waals surface area contributed by atoms with Gasteiger partial charge in [-0.15, -0.1) is 0 Å². The molecule has 1 heterocycles. The summed E-state index contributed by atoms with van der Waals surface area (Å²) in [6, 6.07) is 0. The third-order valence-corrected chi connectivity index (χ3v) is 4.67. The molecule has 3 nitrogen and oxygen atoms in total. The molecule has 0 aromatic carbocycles. The summed E-state index contributed by atoms with van der Waals surface area (Å²) < 4.78 is 1.68. The lowest BCUT2D eigenvalue weighted by molar-refractivity contribution is 0.488. The molecular weight excluding hydrogens is 222 g/mol. The van der Waals surface area contributed by atoms with Crippen LogP contribution in [-0.4, -0.2) is 4.68 Å². The summed E-state index contributed by atoms with van der Waals surface area (Å²) in [4.78, 5) is 0. The number of rotatable bonds is 0. The minimum absolute atomic E-state index is 0.567. The Kier molecular flexibility index (Phi) is 2.92. The highest BCUT2D eigenvalue weighted by atomic mass is 15.3. The first-order valence-electron chi connectivity index (χ1n) is 7.26. The molecule has 1 aromatic heterocycles. The van der Waals surface area contributed by atoms with Crippen LogP contribution in [0, 0.1) is 11.3 Å². The van der Waals surface area contributed by atoms with E-state index in [2.05, 4.69) is 6.92 Å². The van der Waals surface area contributed by atoms with Crippen molar-refractivity contribution in [3.05, 3.63) is 27.9 Å². The van der Waals surface area contributed by atoms with E-state index in [1.165, 1.54) is 54.5 Å². The molecular formula is C15H23N3. The number of hydrogen-bond acceptors (Lipinski definition) is 2. The molecule has 0 radical (unpaired) electrons. The maximum absolute atomic E-state index is 8.31. The van der Waals surface area contributed by atoms with Gasteiger partial charge >= 0.3 is 0 Å². The second kappa shape index (κ2) is 4.45. The number of nitrogens with one attached hydrogen (secondary N) is 1. The monoisotopic (exact) mass is 245 g/mol. The van der Waals surface area contributed by atoms with Crippen LogP contribution in [0.4, 0.5) is 0 Å². The highest BCUT2D eigenvalue weighted by Gasteiger charge is 2.24. The van der Waals surface area contributed by atoms with E-state index in [-0.39, 0.29) is 0 Å². The topological polar surface area (TPSA) is 54.8 Å². The average molecular weight is 245 g/mol. The second-order valence-corrected chi connectivity index (χ2v) is 6.01. The smallest absolute Gasteiger partial charge is 0.147 e. The molecule has 3 N–H and O–H groups in total. The molecule has 0 saturated carbocycles. The molecule has 1 unspecified atom stereocenters. The van der Waals surface area contributed by atoms with E-state index in [1.807, 2.05) is 0 Å². The Labute approximate surface area is 108 Å². The maximum Gasteiger partial charge on any atom is 0.147 e. The lowest BCUT2D eigenvalue weighted by atomic mass is 9.82. The molecule has 0 spiro atoms. The summed E-state index contributed by atoms with van der Waals surface area (Å²) in [7, 11) is 0. The quantitative estimate of drug-likeness (QED) is 0.533. The minimum atomic E-state index is 0.567. The lowest BCUT2D eigenvalue weighted by Crippen LogP contribution is -2.37. The van der Waals surface area contributed by atoms with Crippen LogP contribution in [-0.2, 0) is 25.7 Å². The van der Waals surface area contributed by atoms with Gasteiger partial charge in [0.25, 0.3) is 0 Å². The van der Waals surface area contributed by atoms with Gasteiger partial charge in [-0.05, 0) is 67.6 Å². The summed E-state index contributed by atoms with van der Waals surface area (Å²) in [5.41, 5.74) is 6.02. The van der Waals surface area contributed by atoms with Crippen molar-refractivity contribution in [1.82, 2.24) is 4.68 Å². The zero-order chi connectivity index (χ0) is 12.7. The van der Waals surface area contributed by atoms with Crippen LogP contribution in [0.5, 0.6) is 0 Å². The number of hydrogen-bond donors (Lipinski definition) is 2. The molecule has 0 aliphatic heterocycles. The summed E-state index contributed by atoms with van der Waals surface area (Å²) >= 11 is 0. The first kappa shape index (κ1) is 11.8. The van der Waals surface area contributed by atoms with Crippen LogP contribution in [0.15, 0.2) is 0 Å². The van der Waals surface area contributed by atoms with E-state index < -0.39 is 0 Å². The third kappa shape index (κ3) is 1.76. The van der Waals surface area contributed by atoms with Crippen molar-refractivity contribution >= 4 is 0 Å². The fourth-order valence-corrected chi connectivity index (χ4v) is 3.63. The SMILES string of the molecule is CC1CCc2c3c(n(N)c(=N)c2C1)CCCCC3. The highest BCUT2D eigenvalue weighted by molar-refractivity contribution is 5.39. The molecule has 0 amide bonds. The highest BCUT2D eigenvalue weighted by Crippen LogP contribution is 2.30. The predicted octanol–water partition coefficient (Wildman–Crippen LogP) is 2.08. The number of fused-ring (bicyclic) bond motifs is 3. The molecule has 1 aromatic rings. The van der Waals surface area contributed by atoms with Crippen LogP contribution in [0.3, 0.4) is 0 Å². The zero-order valence-electron chi connectivity index (χ0n) is 11.3. The van der Waals surface area contributed by atoms with Gasteiger partial charge in [-0.3, -0.25) is 5.41 Å². The Morgan fingerprint density at radius 3 is 2.67 bits per heavy atom. The molecule has 0 bridgehead atoms. The van der Waals surface area contributed by atoms with E-state index in [1.54, 1.807) is 4.68 Å². The van der Waals surface area contributed by atoms with E-state index in [0.29, 0.717) is 11.4 Å². The maximum atomic E-state index is 8.31. The van der Waals surface area contributed by atoms with Gasteiger partial charge < -0.3 is 5.84 Å². The van der Waals surface area contributed by atoms with Gasteiger partial charge in [-0.1, -0.05) is 13.3 Å². The van der Waals surface area contributed by atoms with Gasteiger partial charge in [0.15, 0.2) is 0 Å². The first-order chi connectivity index (χ1) is 8.68. The fraction of sp³-hybridized carbons (Fsp3) is 0.667. The Hall–Kier alpha value is -1.25. The van der Waals surface area contributed by atoms with Gasteiger partial charge in [0, 0.05) is 5.69 Å². The van der Waals surface area contributed by atoms with Crippen molar-refractivity contribution in [2.24, 2.45) is 5.92 Å². The predicted molar refractivity (Wildman–Crippen MR) is 72.9 cm³/mol. The average Bonchev–Trinajstić information content (AvgIpc) is 2.61. The van der Waals surface area contributed by atoms with Gasteiger partial charge in [0.05, 0.1) is 0 Å². The second-order valence-electron chi connectivity index (χ2n) is 6.01. The van der Waals surface area contributed by atoms with Crippen LogP contribution in [0.2, 0.25) is 0 Å². The van der Waals surface area contributed by atoms with Crippen molar-refractivity contribution in [3.8, 4) is 0 Å². The number of aromatic nitrogens is 1. The largest absolute Gasteiger partial charge is 0.338 e. The summed E-state index contributed by atoms with van der Waals surface area (Å²) in [5.74, 6) is 6.87. The molecule has 3 rings (SSSR count). The van der Waals surface area contributed by atoms with E-state index in [9.17, 15) is 0 Å². The number of nitrogen functional groups attached to an aromatic ring is 1. The first-order valence-corrected chi connectivity index (χ1v) is 7.26. The van der Waals surface area contributed by atoms with E-state index in [4.69, 9.17) is 11.3 Å². The minimum Gasteiger partial charge on any atom is -0.338 e. The summed E-state index contributed by atoms with van der Waals surface area (Å²) in [6.07, 6.45) is 9.50. The summed E-state index contributed by atoms with van der Waals surface area (Å²) in [6.45, 7) is 2.29. The standard InChI is InChI=1S/C15H23N3/c1-10-7-8-11-12-5-3-2-4-6-14(12)18(17)15(16)13(11)9-10/h10,16H,2-9,17H2,1H3. The Balaban J connectivity index is 2.22. The lowest BCUT2D eigenvalue weighted by Gasteiger charge is -2.27. The van der Waals surface area contributed by atoms with Crippen LogP contribution >= 0.6 is 0 Å². The fourth-order valence-electron chi connectivity index (χ4n) is 3.63. The van der Waals surface area contributed by atoms with Crippen LogP contribution in [0.25, 0.3) is 0 Å². The molecule has 0 fully saturated rings. The Morgan fingerprint density at radius 1 is 1.06 bits per heavy atom. The van der Waals surface area contributed by atoms with E-state index >= 15 is 0 Å². The molecule has 1 atom stereocenters.